The molecule has 3 aromatic rings. The highest BCUT2D eigenvalue weighted by Crippen LogP contribution is 2.40. The second-order valence-corrected chi connectivity index (χ2v) is 7.97. The molecule has 1 aliphatic carbocycles. The minimum atomic E-state index is -2.96. The summed E-state index contributed by atoms with van der Waals surface area (Å²) in [5.41, 5.74) is 1.15. The first kappa shape index (κ1) is 21.7. The van der Waals surface area contributed by atoms with Crippen molar-refractivity contribution in [1.29, 1.82) is 0 Å². The minimum Gasteiger partial charge on any atom is -0.497 e. The van der Waals surface area contributed by atoms with Gasteiger partial charge in [0.2, 0.25) is 5.91 Å². The molecule has 32 heavy (non-hydrogen) atoms. The molecule has 0 spiro atoms. The van der Waals surface area contributed by atoms with E-state index < -0.39 is 17.9 Å². The van der Waals surface area contributed by atoms with Crippen molar-refractivity contribution in [3.8, 4) is 17.0 Å². The Balaban J connectivity index is 1.62. The Morgan fingerprint density at radius 3 is 2.50 bits per heavy atom. The maximum Gasteiger partial charge on any atom is 0.270 e. The highest BCUT2D eigenvalue weighted by atomic mass is 19.3. The van der Waals surface area contributed by atoms with Gasteiger partial charge in [-0.15, -0.1) is 0 Å². The van der Waals surface area contributed by atoms with Crippen LogP contribution in [0.1, 0.15) is 31.4 Å². The van der Waals surface area contributed by atoms with Crippen LogP contribution >= 0.6 is 0 Å². The van der Waals surface area contributed by atoms with Crippen LogP contribution in [0, 0.1) is 5.92 Å². The molecule has 1 atom stereocenters. The Bertz CT molecular complexity index is 1180. The predicted molar refractivity (Wildman–Crippen MR) is 117 cm³/mol. The van der Waals surface area contributed by atoms with Gasteiger partial charge in [0.1, 0.15) is 11.8 Å². The third kappa shape index (κ3) is 4.69. The van der Waals surface area contributed by atoms with Crippen LogP contribution in [0.15, 0.2) is 65.5 Å². The Morgan fingerprint density at radius 2 is 1.88 bits per heavy atom. The average Bonchev–Trinajstić information content (AvgIpc) is 3.60. The van der Waals surface area contributed by atoms with Crippen LogP contribution in [-0.4, -0.2) is 22.8 Å². The van der Waals surface area contributed by atoms with E-state index in [1.807, 2.05) is 12.1 Å². The molecule has 2 aromatic carbocycles. The number of nitrogens with zero attached hydrogens (tertiary/aromatic N) is 2. The quantitative estimate of drug-likeness (QED) is 0.583. The second kappa shape index (κ2) is 8.53. The number of hydrogen-bond donors (Lipinski definition) is 1. The summed E-state index contributed by atoms with van der Waals surface area (Å²) in [4.78, 5) is 25.7. The van der Waals surface area contributed by atoms with E-state index in [1.54, 1.807) is 25.3 Å². The fourth-order valence-corrected chi connectivity index (χ4v) is 3.56. The Hall–Kier alpha value is -3.55. The Labute approximate surface area is 183 Å². The topological polar surface area (TPSA) is 73.2 Å². The first-order chi connectivity index (χ1) is 15.3. The van der Waals surface area contributed by atoms with Gasteiger partial charge in [-0.25, -0.2) is 13.5 Å². The Kier molecular flexibility index (Phi) is 5.78. The molecule has 0 bridgehead atoms. The molecule has 1 aromatic heterocycles. The first-order valence-corrected chi connectivity index (χ1v) is 10.3. The molecular formula is C24H23F2N3O3. The lowest BCUT2D eigenvalue weighted by Gasteiger charge is -2.19. The second-order valence-electron chi connectivity index (χ2n) is 7.97. The highest BCUT2D eigenvalue weighted by Gasteiger charge is 2.39. The number of aromatic nitrogens is 2. The zero-order valence-electron chi connectivity index (χ0n) is 17.7. The molecule has 1 aliphatic rings. The van der Waals surface area contributed by atoms with Gasteiger partial charge >= 0.3 is 0 Å². The Morgan fingerprint density at radius 1 is 1.16 bits per heavy atom. The number of alkyl halides is 2. The van der Waals surface area contributed by atoms with Gasteiger partial charge in [0.25, 0.3) is 11.5 Å². The molecule has 0 radical (unpaired) electrons. The van der Waals surface area contributed by atoms with Crippen LogP contribution in [0.5, 0.6) is 5.75 Å². The number of rotatable bonds is 7. The van der Waals surface area contributed by atoms with E-state index >= 15 is 0 Å². The predicted octanol–water partition coefficient (Wildman–Crippen LogP) is 4.62. The zero-order valence-corrected chi connectivity index (χ0v) is 17.7. The van der Waals surface area contributed by atoms with E-state index in [4.69, 9.17) is 4.74 Å². The highest BCUT2D eigenvalue weighted by molar-refractivity contribution is 5.94. The number of nitrogens with one attached hydrogen (secondary N) is 1. The number of anilines is 1. The number of carbonyl (C=O) groups excluding carboxylic acids is 1. The van der Waals surface area contributed by atoms with E-state index in [2.05, 4.69) is 10.4 Å². The van der Waals surface area contributed by atoms with Crippen molar-refractivity contribution in [1.82, 2.24) is 9.78 Å². The molecule has 1 saturated carbocycles. The van der Waals surface area contributed by atoms with Crippen molar-refractivity contribution in [2.45, 2.75) is 31.7 Å². The van der Waals surface area contributed by atoms with Crippen molar-refractivity contribution in [3.63, 3.8) is 0 Å². The van der Waals surface area contributed by atoms with Gasteiger partial charge in [0, 0.05) is 29.8 Å². The van der Waals surface area contributed by atoms with Crippen LogP contribution in [0.2, 0.25) is 0 Å². The number of halogens is 2. The molecule has 166 valence electrons. The van der Waals surface area contributed by atoms with E-state index in [0.29, 0.717) is 17.1 Å². The van der Waals surface area contributed by atoms with Crippen LogP contribution in [0.4, 0.5) is 14.5 Å². The van der Waals surface area contributed by atoms with Crippen molar-refractivity contribution in [2.75, 3.05) is 12.4 Å². The molecule has 1 N–H and O–H groups in total. The van der Waals surface area contributed by atoms with Gasteiger partial charge in [-0.1, -0.05) is 24.3 Å². The molecule has 1 heterocycles. The smallest absolute Gasteiger partial charge is 0.270 e. The monoisotopic (exact) mass is 439 g/mol. The van der Waals surface area contributed by atoms with Crippen LogP contribution in [0.25, 0.3) is 11.3 Å². The van der Waals surface area contributed by atoms with Gasteiger partial charge in [-0.05, 0) is 49.1 Å². The number of benzene rings is 2. The molecule has 8 heteroatoms. The third-order valence-electron chi connectivity index (χ3n) is 5.45. The fourth-order valence-electron chi connectivity index (χ4n) is 3.56. The van der Waals surface area contributed by atoms with Gasteiger partial charge in [0.15, 0.2) is 0 Å². The molecule has 6 nitrogen and oxygen atoms in total. The minimum absolute atomic E-state index is 0.0139. The maximum absolute atomic E-state index is 13.4. The number of ether oxygens (including phenoxy) is 1. The van der Waals surface area contributed by atoms with Gasteiger partial charge < -0.3 is 10.1 Å². The third-order valence-corrected chi connectivity index (χ3v) is 5.45. The van der Waals surface area contributed by atoms with Gasteiger partial charge in [0.05, 0.1) is 12.8 Å². The molecule has 1 fully saturated rings. The summed E-state index contributed by atoms with van der Waals surface area (Å²) < 4.78 is 33.4. The van der Waals surface area contributed by atoms with Gasteiger partial charge in [-0.2, -0.15) is 5.10 Å². The average molecular weight is 439 g/mol. The van der Waals surface area contributed by atoms with Crippen LogP contribution < -0.4 is 15.6 Å². The van der Waals surface area contributed by atoms with E-state index in [1.165, 1.54) is 35.0 Å². The largest absolute Gasteiger partial charge is 0.497 e. The van der Waals surface area contributed by atoms with Crippen LogP contribution in [-0.2, 0) is 10.7 Å². The SMILES string of the molecule is COc1cccc(-c2ccc(=O)n(C(C(=O)Nc3ccc(C(C)(F)F)cc3)C3CC3)n2)c1. The normalized spacial score (nSPS) is 14.6. The summed E-state index contributed by atoms with van der Waals surface area (Å²) in [6.07, 6.45) is 1.60. The van der Waals surface area contributed by atoms with Crippen LogP contribution in [0.3, 0.4) is 0 Å². The number of methoxy groups -OCH3 is 1. The molecule has 1 unspecified atom stereocenters. The lowest BCUT2D eigenvalue weighted by atomic mass is 10.1. The van der Waals surface area contributed by atoms with Crippen molar-refractivity contribution >= 4 is 11.6 Å². The summed E-state index contributed by atoms with van der Waals surface area (Å²) in [7, 11) is 1.56. The van der Waals surface area contributed by atoms with E-state index in [0.717, 1.165) is 25.3 Å². The summed E-state index contributed by atoms with van der Waals surface area (Å²) in [6, 6.07) is 14.9. The lowest BCUT2D eigenvalue weighted by molar-refractivity contribution is -0.120. The van der Waals surface area contributed by atoms with Crippen molar-refractivity contribution in [2.24, 2.45) is 5.92 Å². The molecule has 0 aliphatic heterocycles. The van der Waals surface area contributed by atoms with E-state index in [-0.39, 0.29) is 17.0 Å². The van der Waals surface area contributed by atoms with Crippen molar-refractivity contribution in [3.05, 3.63) is 76.6 Å². The molecule has 1 amide bonds. The molecular weight excluding hydrogens is 416 g/mol. The maximum atomic E-state index is 13.4. The zero-order chi connectivity index (χ0) is 22.9. The molecule has 0 saturated heterocycles. The first-order valence-electron chi connectivity index (χ1n) is 10.3. The number of amides is 1. The van der Waals surface area contributed by atoms with E-state index in [9.17, 15) is 18.4 Å². The summed E-state index contributed by atoms with van der Waals surface area (Å²) in [5.74, 6) is -2.72. The standard InChI is InChI=1S/C24H23F2N3O3/c1-24(25,26)17-8-10-18(11-9-17)27-23(31)22(15-6-7-15)29-21(30)13-12-20(28-29)16-4-3-5-19(14-16)32-2/h3-5,8-15,22H,6-7H2,1-2H3,(H,27,31). The summed E-state index contributed by atoms with van der Waals surface area (Å²) in [5, 5.41) is 7.22. The van der Waals surface area contributed by atoms with Crippen molar-refractivity contribution < 1.29 is 18.3 Å². The molecule has 4 rings (SSSR count). The fraction of sp³-hybridized carbons (Fsp3) is 0.292. The summed E-state index contributed by atoms with van der Waals surface area (Å²) >= 11 is 0. The number of hydrogen-bond acceptors (Lipinski definition) is 4. The summed E-state index contributed by atoms with van der Waals surface area (Å²) in [6.45, 7) is 0.817. The lowest BCUT2D eigenvalue weighted by Crippen LogP contribution is -2.36. The number of carbonyl (C=O) groups is 1. The van der Waals surface area contributed by atoms with Gasteiger partial charge in [-0.3, -0.25) is 9.59 Å².